The van der Waals surface area contributed by atoms with Crippen LogP contribution in [-0.4, -0.2) is 42.8 Å². The third-order valence-corrected chi connectivity index (χ3v) is 3.52. The Balaban J connectivity index is 2.32. The molecule has 0 saturated carbocycles. The quantitative estimate of drug-likeness (QED) is 0.803. The van der Waals surface area contributed by atoms with Gasteiger partial charge in [0.25, 0.3) is 0 Å². The third-order valence-electron chi connectivity index (χ3n) is 3.52. The lowest BCUT2D eigenvalue weighted by molar-refractivity contribution is -0.129. The molecule has 1 fully saturated rings. The van der Waals surface area contributed by atoms with Crippen molar-refractivity contribution in [2.24, 2.45) is 11.1 Å². The normalized spacial score (nSPS) is 26.1. The second kappa shape index (κ2) is 5.68. The predicted octanol–water partition coefficient (Wildman–Crippen LogP) is 2.25. The van der Waals surface area contributed by atoms with E-state index in [1.807, 2.05) is 0 Å². The van der Waals surface area contributed by atoms with Gasteiger partial charge in [-0.2, -0.15) is 0 Å². The molecule has 1 aliphatic heterocycles. The first-order valence-corrected chi connectivity index (χ1v) is 6.84. The molecule has 1 rings (SSSR count). The summed E-state index contributed by atoms with van der Waals surface area (Å²) in [6, 6.07) is 0. The van der Waals surface area contributed by atoms with Crippen LogP contribution < -0.4 is 5.73 Å². The Hall–Kier alpha value is -0.120. The van der Waals surface area contributed by atoms with Crippen molar-refractivity contribution in [2.75, 3.05) is 26.2 Å². The number of nitrogens with zero attached hydrogens (tertiary/aromatic N) is 1. The van der Waals surface area contributed by atoms with Gasteiger partial charge in [-0.25, -0.2) is 0 Å². The lowest BCUT2D eigenvalue weighted by atomic mass is 9.88. The molecule has 0 aliphatic carbocycles. The number of morpholine rings is 1. The molecule has 1 unspecified atom stereocenters. The zero-order valence-corrected chi connectivity index (χ0v) is 12.3. The van der Waals surface area contributed by atoms with Gasteiger partial charge >= 0.3 is 0 Å². The van der Waals surface area contributed by atoms with E-state index in [1.165, 1.54) is 19.4 Å². The molecule has 0 bridgehead atoms. The van der Waals surface area contributed by atoms with Crippen LogP contribution in [0.5, 0.6) is 0 Å². The summed E-state index contributed by atoms with van der Waals surface area (Å²) in [5, 5.41) is 0. The van der Waals surface area contributed by atoms with Crippen LogP contribution in [0.25, 0.3) is 0 Å². The highest BCUT2D eigenvalue weighted by molar-refractivity contribution is 4.82. The summed E-state index contributed by atoms with van der Waals surface area (Å²) in [6.45, 7) is 15.1. The van der Waals surface area contributed by atoms with Crippen LogP contribution in [0.1, 0.15) is 47.5 Å². The zero-order valence-electron chi connectivity index (χ0n) is 12.3. The maximum absolute atomic E-state index is 5.91. The number of nitrogens with two attached hydrogens (primary N) is 1. The molecule has 1 heterocycles. The summed E-state index contributed by atoms with van der Waals surface area (Å²) in [6.07, 6.45) is 2.78. The van der Waals surface area contributed by atoms with Gasteiger partial charge in [-0.05, 0) is 52.1 Å². The smallest absolute Gasteiger partial charge is 0.0757 e. The van der Waals surface area contributed by atoms with Crippen LogP contribution in [0.4, 0.5) is 0 Å². The molecule has 0 aromatic carbocycles. The first kappa shape index (κ1) is 14.9. The summed E-state index contributed by atoms with van der Waals surface area (Å²) in [5.41, 5.74) is 6.04. The van der Waals surface area contributed by atoms with Gasteiger partial charge < -0.3 is 10.5 Å². The molecule has 0 radical (unpaired) electrons. The number of ether oxygens (including phenoxy) is 1. The predicted molar refractivity (Wildman–Crippen MR) is 73.1 cm³/mol. The monoisotopic (exact) mass is 242 g/mol. The molecule has 102 valence electrons. The zero-order chi connectivity index (χ0) is 13.1. The van der Waals surface area contributed by atoms with E-state index in [1.54, 1.807) is 0 Å². The van der Waals surface area contributed by atoms with Crippen molar-refractivity contribution in [3.63, 3.8) is 0 Å². The molecule has 2 N–H and O–H groups in total. The molecule has 0 amide bonds. The van der Waals surface area contributed by atoms with E-state index >= 15 is 0 Å². The van der Waals surface area contributed by atoms with Crippen LogP contribution in [0.15, 0.2) is 0 Å². The van der Waals surface area contributed by atoms with Crippen molar-refractivity contribution >= 4 is 0 Å². The van der Waals surface area contributed by atoms with Gasteiger partial charge in [0.05, 0.1) is 11.7 Å². The molecule has 0 aromatic heterocycles. The second-order valence-corrected chi connectivity index (χ2v) is 6.90. The van der Waals surface area contributed by atoms with E-state index in [0.29, 0.717) is 6.10 Å². The highest BCUT2D eigenvalue weighted by Crippen LogP contribution is 2.23. The number of rotatable bonds is 5. The number of hydrogen-bond donors (Lipinski definition) is 1. The minimum atomic E-state index is 0.00104. The molecular formula is C14H30N2O. The van der Waals surface area contributed by atoms with E-state index in [4.69, 9.17) is 10.5 Å². The summed E-state index contributed by atoms with van der Waals surface area (Å²) >= 11 is 0. The lowest BCUT2D eigenvalue weighted by Crippen LogP contribution is -2.52. The summed E-state index contributed by atoms with van der Waals surface area (Å²) in [4.78, 5) is 2.53. The van der Waals surface area contributed by atoms with E-state index in [0.717, 1.165) is 19.6 Å². The molecular weight excluding hydrogens is 212 g/mol. The van der Waals surface area contributed by atoms with Gasteiger partial charge in [0.2, 0.25) is 0 Å². The first-order valence-electron chi connectivity index (χ1n) is 6.84. The largest absolute Gasteiger partial charge is 0.370 e. The Morgan fingerprint density at radius 3 is 2.59 bits per heavy atom. The Morgan fingerprint density at radius 1 is 1.41 bits per heavy atom. The van der Waals surface area contributed by atoms with Crippen molar-refractivity contribution in [1.29, 1.82) is 0 Å². The Kier molecular flexibility index (Phi) is 4.99. The summed E-state index contributed by atoms with van der Waals surface area (Å²) < 4.78 is 5.91. The fraction of sp³-hybridized carbons (Fsp3) is 1.00. The van der Waals surface area contributed by atoms with Crippen molar-refractivity contribution in [3.05, 3.63) is 0 Å². The minimum absolute atomic E-state index is 0.00104. The topological polar surface area (TPSA) is 38.5 Å². The van der Waals surface area contributed by atoms with Crippen LogP contribution in [0, 0.1) is 5.41 Å². The van der Waals surface area contributed by atoms with Gasteiger partial charge in [-0.15, -0.1) is 0 Å². The Labute approximate surface area is 107 Å². The van der Waals surface area contributed by atoms with Crippen molar-refractivity contribution < 1.29 is 4.74 Å². The Morgan fingerprint density at radius 2 is 2.06 bits per heavy atom. The fourth-order valence-electron chi connectivity index (χ4n) is 2.64. The average molecular weight is 242 g/mol. The van der Waals surface area contributed by atoms with Crippen LogP contribution >= 0.6 is 0 Å². The standard InChI is InChI=1S/C14H30N2O/c1-12-9-16(11-14(4,5)17-12)8-6-7-13(2,3)10-15/h12H,6-11,15H2,1-5H3. The van der Waals surface area contributed by atoms with Crippen LogP contribution in [-0.2, 0) is 4.74 Å². The molecule has 1 atom stereocenters. The molecule has 1 saturated heterocycles. The van der Waals surface area contributed by atoms with E-state index in [-0.39, 0.29) is 11.0 Å². The molecule has 17 heavy (non-hydrogen) atoms. The van der Waals surface area contributed by atoms with Crippen LogP contribution in [0.3, 0.4) is 0 Å². The average Bonchev–Trinajstić information content (AvgIpc) is 2.14. The Bertz CT molecular complexity index is 238. The maximum atomic E-state index is 5.91. The molecule has 1 aliphatic rings. The first-order chi connectivity index (χ1) is 7.74. The van der Waals surface area contributed by atoms with E-state index in [9.17, 15) is 0 Å². The summed E-state index contributed by atoms with van der Waals surface area (Å²) in [7, 11) is 0. The molecule has 3 nitrogen and oxygen atoms in total. The highest BCUT2D eigenvalue weighted by Gasteiger charge is 2.31. The molecule has 0 spiro atoms. The van der Waals surface area contributed by atoms with Crippen LogP contribution in [0.2, 0.25) is 0 Å². The fourth-order valence-corrected chi connectivity index (χ4v) is 2.64. The van der Waals surface area contributed by atoms with Gasteiger partial charge in [-0.1, -0.05) is 13.8 Å². The second-order valence-electron chi connectivity index (χ2n) is 6.90. The maximum Gasteiger partial charge on any atom is 0.0757 e. The number of hydrogen-bond acceptors (Lipinski definition) is 3. The molecule has 3 heteroatoms. The van der Waals surface area contributed by atoms with Crippen molar-refractivity contribution in [3.8, 4) is 0 Å². The third kappa shape index (κ3) is 5.36. The van der Waals surface area contributed by atoms with Gasteiger partial charge in [-0.3, -0.25) is 4.90 Å². The highest BCUT2D eigenvalue weighted by atomic mass is 16.5. The lowest BCUT2D eigenvalue weighted by Gasteiger charge is -2.42. The summed E-state index contributed by atoms with van der Waals surface area (Å²) in [5.74, 6) is 0. The van der Waals surface area contributed by atoms with Gasteiger partial charge in [0, 0.05) is 13.1 Å². The van der Waals surface area contributed by atoms with E-state index in [2.05, 4.69) is 39.5 Å². The van der Waals surface area contributed by atoms with Crippen molar-refractivity contribution in [1.82, 2.24) is 4.90 Å². The van der Waals surface area contributed by atoms with E-state index < -0.39 is 0 Å². The molecule has 0 aromatic rings. The SMILES string of the molecule is CC1CN(CCCC(C)(C)CN)CC(C)(C)O1. The van der Waals surface area contributed by atoms with Gasteiger partial charge in [0.1, 0.15) is 0 Å². The minimum Gasteiger partial charge on any atom is -0.370 e. The van der Waals surface area contributed by atoms with Crippen molar-refractivity contribution in [2.45, 2.75) is 59.2 Å². The van der Waals surface area contributed by atoms with Gasteiger partial charge in [0.15, 0.2) is 0 Å².